The van der Waals surface area contributed by atoms with Gasteiger partial charge in [0, 0.05) is 6.61 Å². The molecule has 0 unspecified atom stereocenters. The van der Waals surface area contributed by atoms with Crippen LogP contribution in [0.5, 0.6) is 5.75 Å². The Morgan fingerprint density at radius 3 is 2.25 bits per heavy atom. The molecule has 1 fully saturated rings. The summed E-state index contributed by atoms with van der Waals surface area (Å²) in [6, 6.07) is 5.88. The second kappa shape index (κ2) is 6.01. The minimum absolute atomic E-state index is 0.0927. The maximum atomic E-state index is 12.1. The number of alkyl halides is 3. The SMILES string of the molecule is OCC1(Cc2ccc(OC(F)(F)F)cc2)CCNCC1. The van der Waals surface area contributed by atoms with Crippen LogP contribution in [0.2, 0.25) is 0 Å². The molecule has 1 aliphatic rings. The van der Waals surface area contributed by atoms with Gasteiger partial charge in [-0.3, -0.25) is 0 Å². The molecule has 6 heteroatoms. The molecular formula is C14H18F3NO2. The molecule has 0 spiro atoms. The maximum Gasteiger partial charge on any atom is 0.573 e. The number of nitrogens with one attached hydrogen (secondary N) is 1. The van der Waals surface area contributed by atoms with Crippen LogP contribution in [-0.4, -0.2) is 31.2 Å². The zero-order chi connectivity index (χ0) is 14.6. The number of hydrogen-bond acceptors (Lipinski definition) is 3. The lowest BCUT2D eigenvalue weighted by atomic mass is 9.75. The van der Waals surface area contributed by atoms with Crippen LogP contribution >= 0.6 is 0 Å². The number of rotatable bonds is 4. The standard InChI is InChI=1S/C14H18F3NO2/c15-14(16,17)20-12-3-1-11(2-4-12)9-13(10-19)5-7-18-8-6-13/h1-4,18-19H,5-10H2. The third-order valence-corrected chi connectivity index (χ3v) is 3.74. The topological polar surface area (TPSA) is 41.5 Å². The molecule has 2 N–H and O–H groups in total. The Morgan fingerprint density at radius 2 is 1.75 bits per heavy atom. The van der Waals surface area contributed by atoms with Crippen LogP contribution in [0.3, 0.4) is 0 Å². The van der Waals surface area contributed by atoms with Crippen LogP contribution < -0.4 is 10.1 Å². The summed E-state index contributed by atoms with van der Waals surface area (Å²) in [7, 11) is 0. The molecule has 1 aromatic carbocycles. The lowest BCUT2D eigenvalue weighted by Gasteiger charge is -2.36. The number of piperidine rings is 1. The van der Waals surface area contributed by atoms with E-state index in [1.54, 1.807) is 12.1 Å². The summed E-state index contributed by atoms with van der Waals surface area (Å²) in [5.41, 5.74) is 0.743. The highest BCUT2D eigenvalue weighted by Crippen LogP contribution is 2.33. The molecule has 1 saturated heterocycles. The zero-order valence-electron chi connectivity index (χ0n) is 11.0. The quantitative estimate of drug-likeness (QED) is 0.895. The van der Waals surface area contributed by atoms with E-state index in [2.05, 4.69) is 10.1 Å². The Balaban J connectivity index is 2.02. The predicted molar refractivity (Wildman–Crippen MR) is 68.5 cm³/mol. The van der Waals surface area contributed by atoms with E-state index in [1.165, 1.54) is 12.1 Å². The molecule has 0 bridgehead atoms. The summed E-state index contributed by atoms with van der Waals surface area (Å²) in [6.45, 7) is 1.81. The Morgan fingerprint density at radius 1 is 1.15 bits per heavy atom. The van der Waals surface area contributed by atoms with Gasteiger partial charge in [0.2, 0.25) is 0 Å². The molecule has 2 rings (SSSR count). The number of ether oxygens (including phenoxy) is 1. The van der Waals surface area contributed by atoms with Gasteiger partial charge in [0.25, 0.3) is 0 Å². The zero-order valence-corrected chi connectivity index (χ0v) is 11.0. The van der Waals surface area contributed by atoms with Crippen LogP contribution in [0.25, 0.3) is 0 Å². The first-order chi connectivity index (χ1) is 9.42. The summed E-state index contributed by atoms with van der Waals surface area (Å²) >= 11 is 0. The Hall–Kier alpha value is -1.27. The van der Waals surface area contributed by atoms with Crippen LogP contribution in [-0.2, 0) is 6.42 Å². The largest absolute Gasteiger partial charge is 0.573 e. The van der Waals surface area contributed by atoms with Crippen molar-refractivity contribution in [3.05, 3.63) is 29.8 Å². The second-order valence-corrected chi connectivity index (χ2v) is 5.28. The Bertz CT molecular complexity index is 425. The van der Waals surface area contributed by atoms with Gasteiger partial charge in [-0.25, -0.2) is 0 Å². The molecule has 0 saturated carbocycles. The third-order valence-electron chi connectivity index (χ3n) is 3.74. The first-order valence-electron chi connectivity index (χ1n) is 6.59. The molecule has 112 valence electrons. The molecule has 0 atom stereocenters. The van der Waals surface area contributed by atoms with Crippen molar-refractivity contribution in [3.63, 3.8) is 0 Å². The van der Waals surface area contributed by atoms with Crippen molar-refractivity contribution < 1.29 is 23.0 Å². The molecule has 3 nitrogen and oxygen atoms in total. The normalized spacial score (nSPS) is 18.8. The number of aliphatic hydroxyl groups excluding tert-OH is 1. The number of aliphatic hydroxyl groups is 1. The van der Waals surface area contributed by atoms with E-state index in [-0.39, 0.29) is 17.8 Å². The van der Waals surface area contributed by atoms with Crippen molar-refractivity contribution in [1.82, 2.24) is 5.32 Å². The van der Waals surface area contributed by atoms with Crippen LogP contribution in [0.1, 0.15) is 18.4 Å². The average molecular weight is 289 g/mol. The van der Waals surface area contributed by atoms with Crippen LogP contribution in [0.15, 0.2) is 24.3 Å². The fourth-order valence-electron chi connectivity index (χ4n) is 2.59. The van der Waals surface area contributed by atoms with Gasteiger partial charge in [0.1, 0.15) is 5.75 Å². The lowest BCUT2D eigenvalue weighted by Crippen LogP contribution is -2.40. The van der Waals surface area contributed by atoms with Gasteiger partial charge in [-0.2, -0.15) is 0 Å². The lowest BCUT2D eigenvalue weighted by molar-refractivity contribution is -0.274. The smallest absolute Gasteiger partial charge is 0.406 e. The van der Waals surface area contributed by atoms with E-state index >= 15 is 0 Å². The van der Waals surface area contributed by atoms with Gasteiger partial charge in [-0.15, -0.1) is 13.2 Å². The summed E-state index contributed by atoms with van der Waals surface area (Å²) in [6.07, 6.45) is -2.27. The molecule has 0 amide bonds. The predicted octanol–water partition coefficient (Wildman–Crippen LogP) is 2.49. The molecule has 0 aromatic heterocycles. The van der Waals surface area contributed by atoms with E-state index in [9.17, 15) is 18.3 Å². The highest BCUT2D eigenvalue weighted by Gasteiger charge is 2.32. The highest BCUT2D eigenvalue weighted by atomic mass is 19.4. The van der Waals surface area contributed by atoms with E-state index in [0.29, 0.717) is 6.42 Å². The van der Waals surface area contributed by atoms with Crippen molar-refractivity contribution in [1.29, 1.82) is 0 Å². The Labute approximate surface area is 115 Å². The highest BCUT2D eigenvalue weighted by molar-refractivity contribution is 5.28. The van der Waals surface area contributed by atoms with Gasteiger partial charge in [-0.1, -0.05) is 12.1 Å². The van der Waals surface area contributed by atoms with E-state index < -0.39 is 6.36 Å². The molecular weight excluding hydrogens is 271 g/mol. The molecule has 20 heavy (non-hydrogen) atoms. The minimum Gasteiger partial charge on any atom is -0.406 e. The van der Waals surface area contributed by atoms with Crippen LogP contribution in [0, 0.1) is 5.41 Å². The third kappa shape index (κ3) is 4.11. The summed E-state index contributed by atoms with van der Waals surface area (Å²) in [5.74, 6) is -0.218. The van der Waals surface area contributed by atoms with E-state index in [1.807, 2.05) is 0 Å². The van der Waals surface area contributed by atoms with Gasteiger partial charge >= 0.3 is 6.36 Å². The van der Waals surface area contributed by atoms with Crippen molar-refractivity contribution >= 4 is 0 Å². The van der Waals surface area contributed by atoms with Crippen molar-refractivity contribution in [2.75, 3.05) is 19.7 Å². The number of benzene rings is 1. The first-order valence-corrected chi connectivity index (χ1v) is 6.59. The minimum atomic E-state index is -4.66. The number of halogens is 3. The monoisotopic (exact) mass is 289 g/mol. The Kier molecular flexibility index (Phi) is 4.55. The van der Waals surface area contributed by atoms with E-state index in [0.717, 1.165) is 31.5 Å². The molecule has 1 aromatic rings. The van der Waals surface area contributed by atoms with Gasteiger partial charge in [0.05, 0.1) is 0 Å². The molecule has 1 aliphatic heterocycles. The maximum absolute atomic E-state index is 12.1. The summed E-state index contributed by atoms with van der Waals surface area (Å²) in [5, 5.41) is 12.8. The molecule has 0 radical (unpaired) electrons. The van der Waals surface area contributed by atoms with Crippen molar-refractivity contribution in [2.24, 2.45) is 5.41 Å². The average Bonchev–Trinajstić information content (AvgIpc) is 2.40. The molecule has 1 heterocycles. The summed E-state index contributed by atoms with van der Waals surface area (Å²) < 4.78 is 40.0. The van der Waals surface area contributed by atoms with E-state index in [4.69, 9.17) is 0 Å². The fourth-order valence-corrected chi connectivity index (χ4v) is 2.59. The molecule has 0 aliphatic carbocycles. The fraction of sp³-hybridized carbons (Fsp3) is 0.571. The van der Waals surface area contributed by atoms with Crippen molar-refractivity contribution in [3.8, 4) is 5.75 Å². The van der Waals surface area contributed by atoms with Gasteiger partial charge < -0.3 is 15.2 Å². The van der Waals surface area contributed by atoms with Gasteiger partial charge in [-0.05, 0) is 55.5 Å². The van der Waals surface area contributed by atoms with Gasteiger partial charge in [0.15, 0.2) is 0 Å². The van der Waals surface area contributed by atoms with Crippen molar-refractivity contribution in [2.45, 2.75) is 25.6 Å². The second-order valence-electron chi connectivity index (χ2n) is 5.28. The summed E-state index contributed by atoms with van der Waals surface area (Å²) in [4.78, 5) is 0. The number of hydrogen-bond donors (Lipinski definition) is 2. The van der Waals surface area contributed by atoms with Crippen LogP contribution in [0.4, 0.5) is 13.2 Å². The first kappa shape index (κ1) is 15.1.